The molecule has 0 radical (unpaired) electrons. The highest BCUT2D eigenvalue weighted by molar-refractivity contribution is 7.85. The van der Waals surface area contributed by atoms with E-state index in [2.05, 4.69) is 10.2 Å². The Morgan fingerprint density at radius 3 is 2.68 bits per heavy atom. The standard InChI is InChI=1S/C15H23N3O3S/c1-11-7-8-13(17-16-11)22(20)12-6-5-9-18(10-12)14(19)21-15(2,3)4/h7-8,12H,5-6,9-10H2,1-4H3. The average Bonchev–Trinajstić information content (AvgIpc) is 2.46. The number of aryl methyl sites for hydroxylation is 1. The van der Waals surface area contributed by atoms with Gasteiger partial charge in [0.05, 0.1) is 21.7 Å². The van der Waals surface area contributed by atoms with Crippen LogP contribution >= 0.6 is 0 Å². The van der Waals surface area contributed by atoms with Gasteiger partial charge in [-0.15, -0.1) is 5.10 Å². The molecule has 0 N–H and O–H groups in total. The molecule has 1 amide bonds. The van der Waals surface area contributed by atoms with Crippen LogP contribution in [0.2, 0.25) is 0 Å². The third-order valence-corrected chi connectivity index (χ3v) is 4.93. The largest absolute Gasteiger partial charge is 0.444 e. The molecule has 1 fully saturated rings. The van der Waals surface area contributed by atoms with E-state index in [4.69, 9.17) is 4.74 Å². The molecule has 2 rings (SSSR count). The first kappa shape index (κ1) is 16.9. The molecule has 1 aliphatic heterocycles. The third-order valence-electron chi connectivity index (χ3n) is 3.31. The lowest BCUT2D eigenvalue weighted by molar-refractivity contribution is 0.0219. The van der Waals surface area contributed by atoms with Crippen molar-refractivity contribution >= 4 is 16.9 Å². The zero-order valence-electron chi connectivity index (χ0n) is 13.5. The Morgan fingerprint density at radius 1 is 1.36 bits per heavy atom. The first-order valence-corrected chi connectivity index (χ1v) is 8.66. The number of carbonyl (C=O) groups excluding carboxylic acids is 1. The van der Waals surface area contributed by atoms with Crippen LogP contribution in [0.5, 0.6) is 0 Å². The molecule has 1 saturated heterocycles. The Kier molecular flexibility index (Phi) is 5.16. The summed E-state index contributed by atoms with van der Waals surface area (Å²) >= 11 is 0. The van der Waals surface area contributed by atoms with Crippen molar-refractivity contribution in [2.45, 2.75) is 56.4 Å². The van der Waals surface area contributed by atoms with Crippen LogP contribution in [-0.2, 0) is 15.5 Å². The zero-order valence-corrected chi connectivity index (χ0v) is 14.4. The van der Waals surface area contributed by atoms with E-state index < -0.39 is 16.4 Å². The Labute approximate surface area is 133 Å². The number of aromatic nitrogens is 2. The van der Waals surface area contributed by atoms with E-state index in [0.717, 1.165) is 18.5 Å². The number of ether oxygens (including phenoxy) is 1. The zero-order chi connectivity index (χ0) is 16.3. The van der Waals surface area contributed by atoms with Gasteiger partial charge in [-0.2, -0.15) is 5.10 Å². The van der Waals surface area contributed by atoms with Gasteiger partial charge < -0.3 is 9.64 Å². The summed E-state index contributed by atoms with van der Waals surface area (Å²) in [7, 11) is -1.26. The topological polar surface area (TPSA) is 72.4 Å². The number of amides is 1. The minimum Gasteiger partial charge on any atom is -0.444 e. The maximum atomic E-state index is 12.6. The molecule has 0 aromatic carbocycles. The van der Waals surface area contributed by atoms with Crippen LogP contribution in [0.3, 0.4) is 0 Å². The summed E-state index contributed by atoms with van der Waals surface area (Å²) in [4.78, 5) is 13.8. The molecular weight excluding hydrogens is 302 g/mol. The normalized spacial score (nSPS) is 20.5. The van der Waals surface area contributed by atoms with Gasteiger partial charge in [-0.25, -0.2) is 4.79 Å². The molecule has 122 valence electrons. The fraction of sp³-hybridized carbons (Fsp3) is 0.667. The van der Waals surface area contributed by atoms with E-state index in [1.165, 1.54) is 0 Å². The molecule has 22 heavy (non-hydrogen) atoms. The van der Waals surface area contributed by atoms with Crippen molar-refractivity contribution in [3.05, 3.63) is 17.8 Å². The van der Waals surface area contributed by atoms with Crippen molar-refractivity contribution < 1.29 is 13.7 Å². The lowest BCUT2D eigenvalue weighted by atomic mass is 10.1. The molecule has 6 nitrogen and oxygen atoms in total. The number of nitrogens with zero attached hydrogens (tertiary/aromatic N) is 3. The summed E-state index contributed by atoms with van der Waals surface area (Å²) < 4.78 is 18.0. The van der Waals surface area contributed by atoms with Gasteiger partial charge in [0.1, 0.15) is 10.6 Å². The van der Waals surface area contributed by atoms with E-state index in [9.17, 15) is 9.00 Å². The summed E-state index contributed by atoms with van der Waals surface area (Å²) in [6, 6.07) is 3.54. The summed E-state index contributed by atoms with van der Waals surface area (Å²) in [6.07, 6.45) is 1.28. The van der Waals surface area contributed by atoms with E-state index in [1.807, 2.05) is 27.7 Å². The van der Waals surface area contributed by atoms with Crippen molar-refractivity contribution in [3.8, 4) is 0 Å². The average molecular weight is 325 g/mol. The molecule has 2 heterocycles. The van der Waals surface area contributed by atoms with Crippen LogP contribution in [0, 0.1) is 6.92 Å². The van der Waals surface area contributed by atoms with Crippen molar-refractivity contribution in [2.75, 3.05) is 13.1 Å². The van der Waals surface area contributed by atoms with E-state index in [0.29, 0.717) is 18.1 Å². The molecule has 1 aromatic heterocycles. The minimum absolute atomic E-state index is 0.127. The molecule has 2 unspecified atom stereocenters. The van der Waals surface area contributed by atoms with Crippen LogP contribution in [0.25, 0.3) is 0 Å². The summed E-state index contributed by atoms with van der Waals surface area (Å²) in [6.45, 7) is 8.43. The van der Waals surface area contributed by atoms with E-state index in [1.54, 1.807) is 17.0 Å². The lowest BCUT2D eigenvalue weighted by Crippen LogP contribution is -2.45. The van der Waals surface area contributed by atoms with Gasteiger partial charge in [0.15, 0.2) is 0 Å². The predicted octanol–water partition coefficient (Wildman–Crippen LogP) is 2.29. The van der Waals surface area contributed by atoms with E-state index in [-0.39, 0.29) is 11.3 Å². The fourth-order valence-corrected chi connectivity index (χ4v) is 3.63. The summed E-state index contributed by atoms with van der Waals surface area (Å²) in [5.74, 6) is 0. The van der Waals surface area contributed by atoms with Crippen LogP contribution in [0.4, 0.5) is 4.79 Å². The number of hydrogen-bond acceptors (Lipinski definition) is 5. The number of piperidine rings is 1. The van der Waals surface area contributed by atoms with Gasteiger partial charge in [0.25, 0.3) is 0 Å². The fourth-order valence-electron chi connectivity index (χ4n) is 2.27. The van der Waals surface area contributed by atoms with Crippen molar-refractivity contribution in [1.82, 2.24) is 15.1 Å². The Bertz CT molecular complexity index is 554. The minimum atomic E-state index is -1.26. The van der Waals surface area contributed by atoms with Crippen molar-refractivity contribution in [2.24, 2.45) is 0 Å². The van der Waals surface area contributed by atoms with Crippen molar-refractivity contribution in [1.29, 1.82) is 0 Å². The number of hydrogen-bond donors (Lipinski definition) is 0. The highest BCUT2D eigenvalue weighted by Gasteiger charge is 2.31. The quantitative estimate of drug-likeness (QED) is 0.834. The maximum absolute atomic E-state index is 12.6. The number of rotatable bonds is 2. The summed E-state index contributed by atoms with van der Waals surface area (Å²) in [5.41, 5.74) is 0.269. The molecule has 0 bridgehead atoms. The van der Waals surface area contributed by atoms with Gasteiger partial charge in [-0.1, -0.05) is 0 Å². The van der Waals surface area contributed by atoms with Crippen LogP contribution in [-0.4, -0.2) is 49.3 Å². The molecular formula is C15H23N3O3S. The van der Waals surface area contributed by atoms with E-state index >= 15 is 0 Å². The Hall–Kier alpha value is -1.50. The molecule has 1 aliphatic rings. The molecule has 0 saturated carbocycles. The van der Waals surface area contributed by atoms with Gasteiger partial charge >= 0.3 is 6.09 Å². The van der Waals surface area contributed by atoms with Gasteiger partial charge in [0.2, 0.25) is 0 Å². The predicted molar refractivity (Wildman–Crippen MR) is 84.0 cm³/mol. The second kappa shape index (κ2) is 6.73. The Morgan fingerprint density at radius 2 is 2.09 bits per heavy atom. The second-order valence-electron chi connectivity index (χ2n) is 6.50. The molecule has 1 aromatic rings. The molecule has 0 aliphatic carbocycles. The highest BCUT2D eigenvalue weighted by Crippen LogP contribution is 2.21. The first-order chi connectivity index (χ1) is 10.3. The second-order valence-corrected chi connectivity index (χ2v) is 8.18. The van der Waals surface area contributed by atoms with Gasteiger partial charge in [-0.05, 0) is 52.7 Å². The maximum Gasteiger partial charge on any atom is 0.410 e. The monoisotopic (exact) mass is 325 g/mol. The van der Waals surface area contributed by atoms with Crippen LogP contribution in [0.15, 0.2) is 17.2 Å². The SMILES string of the molecule is Cc1ccc(S(=O)C2CCCN(C(=O)OC(C)(C)C)C2)nn1. The van der Waals surface area contributed by atoms with Gasteiger partial charge in [-0.3, -0.25) is 4.21 Å². The van der Waals surface area contributed by atoms with Gasteiger partial charge in [0, 0.05) is 13.1 Å². The lowest BCUT2D eigenvalue weighted by Gasteiger charge is -2.33. The van der Waals surface area contributed by atoms with Crippen LogP contribution < -0.4 is 0 Å². The Balaban J connectivity index is 2.02. The first-order valence-electron chi connectivity index (χ1n) is 7.45. The number of likely N-dealkylation sites (tertiary alicyclic amines) is 1. The molecule has 7 heteroatoms. The summed E-state index contributed by atoms with van der Waals surface area (Å²) in [5, 5.41) is 8.29. The van der Waals surface area contributed by atoms with Crippen LogP contribution in [0.1, 0.15) is 39.3 Å². The smallest absolute Gasteiger partial charge is 0.410 e. The molecule has 2 atom stereocenters. The molecule has 0 spiro atoms. The van der Waals surface area contributed by atoms with Crippen molar-refractivity contribution in [3.63, 3.8) is 0 Å². The third kappa shape index (κ3) is 4.50. The highest BCUT2D eigenvalue weighted by atomic mass is 32.2. The number of carbonyl (C=O) groups is 1.